The van der Waals surface area contributed by atoms with Crippen LogP contribution < -0.4 is 19.2 Å². The number of benzene rings is 4. The quantitative estimate of drug-likeness (QED) is 0.182. The fraction of sp³-hybridized carbons (Fsp3) is 0.333. The number of halogens is 1. The van der Waals surface area contributed by atoms with Crippen molar-refractivity contribution in [2.75, 3.05) is 35.8 Å². The summed E-state index contributed by atoms with van der Waals surface area (Å²) in [5.41, 5.74) is 5.17. The molecule has 2 atom stereocenters. The van der Waals surface area contributed by atoms with Gasteiger partial charge >= 0.3 is 0 Å². The van der Waals surface area contributed by atoms with Gasteiger partial charge in [-0.05, 0) is 113 Å². The summed E-state index contributed by atoms with van der Waals surface area (Å²) < 4.78 is 55.8. The van der Waals surface area contributed by atoms with Crippen LogP contribution in [0.2, 0.25) is 0 Å². The lowest BCUT2D eigenvalue weighted by molar-refractivity contribution is 0.553. The Morgan fingerprint density at radius 3 is 1.26 bits per heavy atom. The molecule has 0 amide bonds. The molecule has 0 saturated heterocycles. The van der Waals surface area contributed by atoms with Gasteiger partial charge in [-0.3, -0.25) is 0 Å². The van der Waals surface area contributed by atoms with Gasteiger partial charge in [0.15, 0.2) is 0 Å². The Kier molecular flexibility index (Phi) is 12.9. The molecule has 47 heavy (non-hydrogen) atoms. The van der Waals surface area contributed by atoms with Gasteiger partial charge in [-0.15, -0.1) is 12.4 Å². The molecule has 2 heterocycles. The summed E-state index contributed by atoms with van der Waals surface area (Å²) in [5, 5.41) is 5.44. The molecule has 2 N–H and O–H groups in total. The minimum atomic E-state index is -3.41. The number of nitrogens with one attached hydrogen (secondary N) is 2. The number of fused-ring (bicyclic) bond motifs is 2. The first-order valence-electron chi connectivity index (χ1n) is 15.9. The summed E-state index contributed by atoms with van der Waals surface area (Å²) in [7, 11) is -3.03. The second-order valence-electron chi connectivity index (χ2n) is 11.7. The van der Waals surface area contributed by atoms with Gasteiger partial charge in [-0.25, -0.2) is 25.4 Å². The van der Waals surface area contributed by atoms with Crippen molar-refractivity contribution in [1.29, 1.82) is 0 Å². The molecule has 0 unspecified atom stereocenters. The molecule has 252 valence electrons. The monoisotopic (exact) mass is 696 g/mol. The van der Waals surface area contributed by atoms with E-state index in [1.165, 1.54) is 8.61 Å². The van der Waals surface area contributed by atoms with E-state index in [-0.39, 0.29) is 22.9 Å². The second kappa shape index (κ2) is 16.6. The van der Waals surface area contributed by atoms with Crippen LogP contribution in [0.4, 0.5) is 22.7 Å². The number of para-hydroxylation sites is 4. The maximum Gasteiger partial charge on any atom is 0.242 e. The molecule has 0 saturated carbocycles. The fourth-order valence-electron chi connectivity index (χ4n) is 6.25. The summed E-state index contributed by atoms with van der Waals surface area (Å²) in [6, 6.07) is 34.3. The van der Waals surface area contributed by atoms with E-state index in [9.17, 15) is 16.8 Å². The molecular weight excluding hydrogens is 652 g/mol. The minimum absolute atomic E-state index is 0. The number of hydrogen-bond acceptors (Lipinski definition) is 6. The molecule has 0 bridgehead atoms. The van der Waals surface area contributed by atoms with Crippen LogP contribution in [0.15, 0.2) is 109 Å². The third kappa shape index (κ3) is 8.18. The zero-order chi connectivity index (χ0) is 32.6. The van der Waals surface area contributed by atoms with E-state index in [1.54, 1.807) is 0 Å². The average Bonchev–Trinajstić information content (AvgIpc) is 3.06. The SMILES string of the molecule is CNCCC[C@@H]1Cc2ccccc2N(c2ccccc2)S1(=O)=O.CNCCC[C@@H]1Cc2ccccc2N(c2ccccc2)S1(=O)=O.Cl. The normalized spacial score (nSPS) is 18.9. The van der Waals surface area contributed by atoms with Crippen LogP contribution in [0.1, 0.15) is 36.8 Å². The number of rotatable bonds is 10. The van der Waals surface area contributed by atoms with E-state index in [2.05, 4.69) is 10.6 Å². The Bertz CT molecular complexity index is 1660. The van der Waals surface area contributed by atoms with Crippen LogP contribution in [0, 0.1) is 0 Å². The molecule has 0 aliphatic carbocycles. The Morgan fingerprint density at radius 2 is 0.894 bits per heavy atom. The third-order valence-electron chi connectivity index (χ3n) is 8.55. The van der Waals surface area contributed by atoms with Crippen molar-refractivity contribution < 1.29 is 16.8 Å². The lowest BCUT2D eigenvalue weighted by atomic mass is 10.0. The van der Waals surface area contributed by atoms with Gasteiger partial charge in [0.1, 0.15) is 0 Å². The van der Waals surface area contributed by atoms with Crippen LogP contribution >= 0.6 is 12.4 Å². The predicted molar refractivity (Wildman–Crippen MR) is 196 cm³/mol. The van der Waals surface area contributed by atoms with Gasteiger partial charge in [0.2, 0.25) is 20.0 Å². The highest BCUT2D eigenvalue weighted by Crippen LogP contribution is 2.41. The van der Waals surface area contributed by atoms with E-state index in [0.717, 1.165) is 48.4 Å². The van der Waals surface area contributed by atoms with Crippen molar-refractivity contribution in [3.63, 3.8) is 0 Å². The van der Waals surface area contributed by atoms with E-state index in [0.29, 0.717) is 37.1 Å². The highest BCUT2D eigenvalue weighted by Gasteiger charge is 2.40. The molecule has 0 aromatic heterocycles. The van der Waals surface area contributed by atoms with E-state index < -0.39 is 20.0 Å². The van der Waals surface area contributed by atoms with Crippen LogP contribution in [-0.2, 0) is 32.9 Å². The molecule has 11 heteroatoms. The first-order chi connectivity index (χ1) is 22.3. The number of anilines is 4. The lowest BCUT2D eigenvalue weighted by Gasteiger charge is -2.35. The van der Waals surface area contributed by atoms with Crippen molar-refractivity contribution in [3.8, 4) is 0 Å². The van der Waals surface area contributed by atoms with E-state index in [4.69, 9.17) is 0 Å². The standard InChI is InChI=1S/2C18H22N2O2S.ClH/c2*1-19-13-7-11-17-14-15-8-5-6-12-18(15)20(23(17,21)22)16-9-3-2-4-10-16;/h2*2-6,8-10,12,17,19H,7,11,13-14H2,1H3;1H/t2*17-;/m11./s1. The smallest absolute Gasteiger partial charge is 0.242 e. The zero-order valence-corrected chi connectivity index (χ0v) is 29.4. The van der Waals surface area contributed by atoms with Crippen molar-refractivity contribution >= 4 is 55.2 Å². The maximum absolute atomic E-state index is 13.2. The summed E-state index contributed by atoms with van der Waals surface area (Å²) in [5.74, 6) is 0. The molecule has 0 spiro atoms. The Morgan fingerprint density at radius 1 is 0.553 bits per heavy atom. The fourth-order valence-corrected chi connectivity index (χ4v) is 10.3. The lowest BCUT2D eigenvalue weighted by Crippen LogP contribution is -2.41. The summed E-state index contributed by atoms with van der Waals surface area (Å²) in [6.07, 6.45) is 4.22. The van der Waals surface area contributed by atoms with Crippen LogP contribution in [0.5, 0.6) is 0 Å². The number of nitrogens with zero attached hydrogens (tertiary/aromatic N) is 2. The predicted octanol–water partition coefficient (Wildman–Crippen LogP) is 6.58. The molecule has 2 aliphatic rings. The zero-order valence-electron chi connectivity index (χ0n) is 27.0. The van der Waals surface area contributed by atoms with Crippen LogP contribution in [0.3, 0.4) is 0 Å². The molecular formula is C36H45ClN4O4S2. The first kappa shape index (κ1) is 36.4. The molecule has 4 aromatic rings. The Labute approximate surface area is 286 Å². The highest BCUT2D eigenvalue weighted by atomic mass is 35.5. The minimum Gasteiger partial charge on any atom is -0.320 e. The second-order valence-corrected chi connectivity index (χ2v) is 15.8. The largest absolute Gasteiger partial charge is 0.320 e. The van der Waals surface area contributed by atoms with Crippen molar-refractivity contribution in [3.05, 3.63) is 120 Å². The first-order valence-corrected chi connectivity index (χ1v) is 18.9. The van der Waals surface area contributed by atoms with E-state index in [1.807, 2.05) is 123 Å². The van der Waals surface area contributed by atoms with E-state index >= 15 is 0 Å². The Balaban J connectivity index is 0.000000208. The highest BCUT2D eigenvalue weighted by molar-refractivity contribution is 7.94. The molecule has 4 aromatic carbocycles. The Hall–Kier alpha value is -3.41. The molecule has 0 fully saturated rings. The van der Waals surface area contributed by atoms with Gasteiger partial charge in [0.25, 0.3) is 0 Å². The molecule has 0 radical (unpaired) electrons. The van der Waals surface area contributed by atoms with Crippen molar-refractivity contribution in [1.82, 2.24) is 10.6 Å². The van der Waals surface area contributed by atoms with Crippen LogP contribution in [-0.4, -0.2) is 54.5 Å². The number of sulfonamides is 2. The van der Waals surface area contributed by atoms with Gasteiger partial charge in [-0.2, -0.15) is 0 Å². The third-order valence-corrected chi connectivity index (χ3v) is 12.9. The molecule has 2 aliphatic heterocycles. The maximum atomic E-state index is 13.2. The number of hydrogen-bond donors (Lipinski definition) is 2. The average molecular weight is 697 g/mol. The van der Waals surface area contributed by atoms with Gasteiger partial charge in [-0.1, -0.05) is 72.8 Å². The molecule has 6 rings (SSSR count). The molecule has 8 nitrogen and oxygen atoms in total. The van der Waals surface area contributed by atoms with Gasteiger partial charge in [0.05, 0.1) is 33.2 Å². The van der Waals surface area contributed by atoms with Crippen molar-refractivity contribution in [2.45, 2.75) is 49.0 Å². The summed E-state index contributed by atoms with van der Waals surface area (Å²) in [6.45, 7) is 1.66. The summed E-state index contributed by atoms with van der Waals surface area (Å²) in [4.78, 5) is 0. The topological polar surface area (TPSA) is 98.8 Å². The van der Waals surface area contributed by atoms with Crippen LogP contribution in [0.25, 0.3) is 0 Å². The van der Waals surface area contributed by atoms with Crippen molar-refractivity contribution in [2.24, 2.45) is 0 Å². The summed E-state index contributed by atoms with van der Waals surface area (Å²) >= 11 is 0. The van der Waals surface area contributed by atoms with Gasteiger partial charge < -0.3 is 10.6 Å². The van der Waals surface area contributed by atoms with Gasteiger partial charge in [0, 0.05) is 0 Å².